The van der Waals surface area contributed by atoms with E-state index in [2.05, 4.69) is 4.84 Å². The summed E-state index contributed by atoms with van der Waals surface area (Å²) in [5.74, 6) is -0.958. The summed E-state index contributed by atoms with van der Waals surface area (Å²) < 4.78 is 0. The number of rotatable bonds is 6. The van der Waals surface area contributed by atoms with Gasteiger partial charge in [0.15, 0.2) is 6.61 Å². The van der Waals surface area contributed by atoms with E-state index < -0.39 is 11.1 Å². The van der Waals surface area contributed by atoms with Crippen LogP contribution in [0, 0.1) is 4.91 Å². The molecule has 0 atom stereocenters. The molecule has 0 bridgehead atoms. The number of carboxylic acids is 1. The zero-order chi connectivity index (χ0) is 9.56. The summed E-state index contributed by atoms with van der Waals surface area (Å²) in [6.07, 6.45) is 0. The van der Waals surface area contributed by atoms with E-state index in [-0.39, 0.29) is 19.7 Å². The van der Waals surface area contributed by atoms with E-state index in [0.717, 1.165) is 0 Å². The zero-order valence-corrected chi connectivity index (χ0v) is 6.63. The summed E-state index contributed by atoms with van der Waals surface area (Å²) in [7, 11) is 1.56. The van der Waals surface area contributed by atoms with Gasteiger partial charge in [0.1, 0.15) is 4.91 Å². The maximum absolute atomic E-state index is 10.1. The first-order valence-corrected chi connectivity index (χ1v) is 3.21. The van der Waals surface area contributed by atoms with Crippen LogP contribution in [0.15, 0.2) is 0 Å². The van der Waals surface area contributed by atoms with Gasteiger partial charge in [-0.1, -0.05) is 0 Å². The van der Waals surface area contributed by atoms with Crippen LogP contribution in [-0.2, 0) is 9.63 Å². The van der Waals surface area contributed by atoms with Gasteiger partial charge in [-0.2, -0.15) is 4.84 Å². The second-order valence-electron chi connectivity index (χ2n) is 2.20. The van der Waals surface area contributed by atoms with Crippen LogP contribution in [0.4, 0.5) is 0 Å². The molecule has 0 aliphatic rings. The monoisotopic (exact) mass is 179 g/mol. The highest BCUT2D eigenvalue weighted by Gasteiger charge is 2.08. The fraction of sp³-hybridized carbons (Fsp3) is 0.800. The Kier molecular flexibility index (Phi) is 4.70. The summed E-state index contributed by atoms with van der Waals surface area (Å²) in [5, 5.41) is 15.6. The van der Waals surface area contributed by atoms with E-state index in [0.29, 0.717) is 0 Å². The fourth-order valence-electron chi connectivity index (χ4n) is 0.585. The Hall–Kier alpha value is -1.37. The maximum Gasteiger partial charge on any atom is 0.475 e. The lowest BCUT2D eigenvalue weighted by molar-refractivity contribution is -0.975. The topological polar surface area (TPSA) is 90.1 Å². The number of nitrogens with zero attached hydrogens (tertiary/aromatic N) is 2. The van der Waals surface area contributed by atoms with Crippen molar-refractivity contribution in [2.45, 2.75) is 0 Å². The normalized spacial score (nSPS) is 9.83. The molecule has 0 fully saturated rings. The molecule has 70 valence electrons. The van der Waals surface area contributed by atoms with Crippen LogP contribution in [0.5, 0.6) is 0 Å². The van der Waals surface area contributed by atoms with Crippen LogP contribution in [0.25, 0.3) is 0 Å². The third-order valence-corrected chi connectivity index (χ3v) is 1.08. The van der Waals surface area contributed by atoms with E-state index in [4.69, 9.17) is 10.3 Å². The Morgan fingerprint density at radius 1 is 1.67 bits per heavy atom. The van der Waals surface area contributed by atoms with Crippen molar-refractivity contribution >= 4 is 5.97 Å². The molecule has 0 aromatic carbocycles. The Morgan fingerprint density at radius 2 is 2.25 bits per heavy atom. The van der Waals surface area contributed by atoms with Crippen LogP contribution < -0.4 is 0 Å². The average molecular weight is 179 g/mol. The first-order valence-electron chi connectivity index (χ1n) is 3.21. The van der Waals surface area contributed by atoms with Crippen LogP contribution in [0.3, 0.4) is 0 Å². The summed E-state index contributed by atoms with van der Waals surface area (Å²) >= 11 is 0. The summed E-state index contributed by atoms with van der Waals surface area (Å²) in [4.78, 5) is 25.4. The van der Waals surface area contributed by atoms with Crippen LogP contribution in [-0.4, -0.2) is 53.0 Å². The summed E-state index contributed by atoms with van der Waals surface area (Å²) in [6.45, 7) is 0.0724. The largest absolute Gasteiger partial charge is 0.480 e. The minimum absolute atomic E-state index is 0.0518. The van der Waals surface area contributed by atoms with Crippen molar-refractivity contribution in [3.05, 3.63) is 4.91 Å². The zero-order valence-electron chi connectivity index (χ0n) is 6.63. The number of carboxylic acid groups (broad SMARTS) is 1. The molecule has 0 spiro atoms. The maximum atomic E-state index is 10.1. The molecule has 0 saturated carbocycles. The van der Waals surface area contributed by atoms with Gasteiger partial charge in [0.05, 0.1) is 6.54 Å². The Bertz CT molecular complexity index is 171. The molecule has 0 rings (SSSR count). The standard InChI is InChI=1S/C5H10N2O5/c1-6(4-5(8)9)2-3-12-7(10)11/h2-4H2,1H3,(H-,8,9,10,11)/p+1. The molecule has 0 unspecified atom stereocenters. The molecule has 0 aliphatic heterocycles. The van der Waals surface area contributed by atoms with Crippen molar-refractivity contribution < 1.29 is 25.0 Å². The number of carbonyl (C=O) groups is 1. The molecule has 0 amide bonds. The molecule has 2 N–H and O–H groups in total. The van der Waals surface area contributed by atoms with Gasteiger partial charge < -0.3 is 5.11 Å². The first kappa shape index (κ1) is 10.6. The van der Waals surface area contributed by atoms with Crippen molar-refractivity contribution in [2.24, 2.45) is 0 Å². The summed E-state index contributed by atoms with van der Waals surface area (Å²) in [6, 6.07) is 0. The molecule has 12 heavy (non-hydrogen) atoms. The minimum Gasteiger partial charge on any atom is -0.480 e. The van der Waals surface area contributed by atoms with Crippen LogP contribution in [0.1, 0.15) is 0 Å². The van der Waals surface area contributed by atoms with Crippen molar-refractivity contribution in [3.8, 4) is 0 Å². The van der Waals surface area contributed by atoms with Crippen molar-refractivity contribution in [1.29, 1.82) is 0 Å². The molecule has 0 aromatic heterocycles. The Morgan fingerprint density at radius 3 is 2.67 bits per heavy atom. The molecule has 0 radical (unpaired) electrons. The quantitative estimate of drug-likeness (QED) is 0.514. The van der Waals surface area contributed by atoms with Gasteiger partial charge in [-0.3, -0.25) is 9.69 Å². The Labute approximate surface area is 68.6 Å². The summed E-state index contributed by atoms with van der Waals surface area (Å²) in [5.41, 5.74) is 0. The minimum atomic E-state index is -0.958. The van der Waals surface area contributed by atoms with Crippen LogP contribution >= 0.6 is 0 Å². The average Bonchev–Trinajstić information content (AvgIpc) is 1.84. The van der Waals surface area contributed by atoms with Gasteiger partial charge in [0.2, 0.25) is 0 Å². The lowest BCUT2D eigenvalue weighted by Gasteiger charge is -2.09. The predicted molar refractivity (Wildman–Crippen MR) is 36.5 cm³/mol. The smallest absolute Gasteiger partial charge is 0.475 e. The van der Waals surface area contributed by atoms with E-state index >= 15 is 0 Å². The molecule has 0 saturated heterocycles. The number of likely N-dealkylation sites (N-methyl/N-ethyl adjacent to an activating group) is 1. The van der Waals surface area contributed by atoms with Gasteiger partial charge >= 0.3 is 11.1 Å². The van der Waals surface area contributed by atoms with E-state index in [9.17, 15) is 9.70 Å². The highest BCUT2D eigenvalue weighted by Crippen LogP contribution is 1.82. The molecule has 0 heterocycles. The molecule has 7 heteroatoms. The number of hydrogen-bond acceptors (Lipinski definition) is 4. The fourth-order valence-corrected chi connectivity index (χ4v) is 0.585. The van der Waals surface area contributed by atoms with Crippen LogP contribution in [0.2, 0.25) is 0 Å². The molecular weight excluding hydrogens is 168 g/mol. The van der Waals surface area contributed by atoms with E-state index in [1.54, 1.807) is 7.05 Å². The van der Waals surface area contributed by atoms with Gasteiger partial charge in [0.25, 0.3) is 0 Å². The lowest BCUT2D eigenvalue weighted by Crippen LogP contribution is -2.29. The second kappa shape index (κ2) is 5.30. The van der Waals surface area contributed by atoms with Gasteiger partial charge in [-0.25, -0.2) is 5.21 Å². The van der Waals surface area contributed by atoms with Crippen molar-refractivity contribution in [1.82, 2.24) is 4.90 Å². The third-order valence-electron chi connectivity index (χ3n) is 1.08. The Balaban J connectivity index is 3.37. The van der Waals surface area contributed by atoms with Gasteiger partial charge in [0, 0.05) is 6.54 Å². The predicted octanol–water partition coefficient (Wildman–Crippen LogP) is -0.897. The number of hydrogen-bond donors (Lipinski definition) is 2. The van der Waals surface area contributed by atoms with Crippen molar-refractivity contribution in [2.75, 3.05) is 26.7 Å². The molecule has 0 aromatic rings. The highest BCUT2D eigenvalue weighted by molar-refractivity contribution is 5.68. The first-order chi connectivity index (χ1) is 5.52. The second-order valence-corrected chi connectivity index (χ2v) is 2.20. The van der Waals surface area contributed by atoms with E-state index in [1.165, 1.54) is 4.90 Å². The van der Waals surface area contributed by atoms with Crippen molar-refractivity contribution in [3.63, 3.8) is 0 Å². The van der Waals surface area contributed by atoms with Gasteiger partial charge in [-0.15, -0.1) is 0 Å². The van der Waals surface area contributed by atoms with E-state index in [1.807, 2.05) is 0 Å². The molecular formula is C5H11N2O5+. The molecule has 0 aliphatic carbocycles. The SMILES string of the molecule is CN(CCO[N+](=O)O)CC(=O)O. The third kappa shape index (κ3) is 6.75. The number of aliphatic carboxylic acids is 1. The lowest BCUT2D eigenvalue weighted by atomic mass is 10.5. The molecule has 7 nitrogen and oxygen atoms in total. The van der Waals surface area contributed by atoms with Gasteiger partial charge in [-0.05, 0) is 7.05 Å². The highest BCUT2D eigenvalue weighted by atomic mass is 16.9.